The molecule has 1 amide bonds. The van der Waals surface area contributed by atoms with Crippen molar-refractivity contribution in [2.75, 3.05) is 26.3 Å². The van der Waals surface area contributed by atoms with Gasteiger partial charge in [-0.3, -0.25) is 9.78 Å². The molecule has 5 rings (SSSR count). The van der Waals surface area contributed by atoms with Crippen molar-refractivity contribution in [3.63, 3.8) is 0 Å². The molecule has 0 aliphatic carbocycles. The van der Waals surface area contributed by atoms with E-state index in [9.17, 15) is 4.79 Å². The number of aromatic nitrogens is 3. The van der Waals surface area contributed by atoms with E-state index < -0.39 is 0 Å². The van der Waals surface area contributed by atoms with Crippen LogP contribution in [-0.4, -0.2) is 52.1 Å². The van der Waals surface area contributed by atoms with E-state index in [4.69, 9.17) is 9.47 Å². The molecule has 1 saturated heterocycles. The average molecular weight is 441 g/mol. The lowest BCUT2D eigenvalue weighted by molar-refractivity contribution is 0.0737. The van der Waals surface area contributed by atoms with Crippen molar-refractivity contribution in [1.82, 2.24) is 19.9 Å². The van der Waals surface area contributed by atoms with Gasteiger partial charge < -0.3 is 14.4 Å². The molecule has 7 heteroatoms. The van der Waals surface area contributed by atoms with Crippen LogP contribution in [-0.2, 0) is 11.2 Å². The Kier molecular flexibility index (Phi) is 6.21. The lowest BCUT2D eigenvalue weighted by Gasteiger charge is -2.24. The second kappa shape index (κ2) is 9.75. The van der Waals surface area contributed by atoms with Crippen LogP contribution in [0.4, 0.5) is 0 Å². The van der Waals surface area contributed by atoms with E-state index in [1.807, 2.05) is 23.4 Å². The summed E-state index contributed by atoms with van der Waals surface area (Å²) in [6.07, 6.45) is 7.76. The zero-order valence-electron chi connectivity index (χ0n) is 18.1. The number of hydrogen-bond donors (Lipinski definition) is 0. The Bertz CT molecular complexity index is 1240. The molecule has 0 bridgehead atoms. The van der Waals surface area contributed by atoms with Gasteiger partial charge >= 0.3 is 6.01 Å². The Morgan fingerprint density at radius 3 is 2.85 bits per heavy atom. The van der Waals surface area contributed by atoms with Crippen molar-refractivity contribution in [1.29, 1.82) is 0 Å². The van der Waals surface area contributed by atoms with Crippen molar-refractivity contribution in [2.45, 2.75) is 6.42 Å². The zero-order valence-corrected chi connectivity index (χ0v) is 18.1. The topological polar surface area (TPSA) is 77.4 Å². The maximum atomic E-state index is 13.3. The number of carbonyl (C=O) groups is 1. The molecular weight excluding hydrogens is 416 g/mol. The summed E-state index contributed by atoms with van der Waals surface area (Å²) in [7, 11) is 0. The summed E-state index contributed by atoms with van der Waals surface area (Å²) in [6, 6.07) is 17.4. The van der Waals surface area contributed by atoms with Crippen molar-refractivity contribution < 1.29 is 14.3 Å². The molecule has 0 N–H and O–H groups in total. The van der Waals surface area contributed by atoms with Gasteiger partial charge in [0.05, 0.1) is 13.2 Å². The minimum absolute atomic E-state index is 0.0351. The molecule has 2 aromatic carbocycles. The zero-order chi connectivity index (χ0) is 22.5. The Hall–Kier alpha value is -3.84. The lowest BCUT2D eigenvalue weighted by atomic mass is 9.95. The molecule has 2 aromatic heterocycles. The molecule has 33 heavy (non-hydrogen) atoms. The first kappa shape index (κ1) is 21.0. The maximum Gasteiger partial charge on any atom is 0.321 e. The lowest BCUT2D eigenvalue weighted by Crippen LogP contribution is -2.36. The standard InChI is InChI=1S/C26H24N4O3/c31-25(21-5-2-7-23(15-21)33-26-28-9-3-10-29-26)30-12-13-32-18-19(17-30)14-20-4-1-6-22-16-27-11-8-24(20)22/h1-11,15-16,19H,12-14,17-18H2/t19-/m1/s1. The number of rotatable bonds is 5. The summed E-state index contributed by atoms with van der Waals surface area (Å²) in [5.74, 6) is 0.693. The molecule has 7 nitrogen and oxygen atoms in total. The third-order valence-electron chi connectivity index (χ3n) is 5.74. The molecular formula is C26H24N4O3. The molecule has 0 unspecified atom stereocenters. The number of nitrogens with zero attached hydrogens (tertiary/aromatic N) is 4. The Labute approximate surface area is 192 Å². The van der Waals surface area contributed by atoms with Crippen molar-refractivity contribution in [3.8, 4) is 11.8 Å². The summed E-state index contributed by atoms with van der Waals surface area (Å²) >= 11 is 0. The number of pyridine rings is 1. The second-order valence-electron chi connectivity index (χ2n) is 8.07. The van der Waals surface area contributed by atoms with Crippen molar-refractivity contribution in [3.05, 3.63) is 90.5 Å². The highest BCUT2D eigenvalue weighted by atomic mass is 16.5. The fourth-order valence-electron chi connectivity index (χ4n) is 4.19. The van der Waals surface area contributed by atoms with E-state index in [0.717, 1.165) is 11.8 Å². The molecule has 1 aliphatic heterocycles. The molecule has 0 saturated carbocycles. The number of carbonyl (C=O) groups excluding carboxylic acids is 1. The summed E-state index contributed by atoms with van der Waals surface area (Å²) in [4.78, 5) is 27.6. The predicted molar refractivity (Wildman–Crippen MR) is 124 cm³/mol. The second-order valence-corrected chi connectivity index (χ2v) is 8.07. The molecule has 3 heterocycles. The number of fused-ring (bicyclic) bond motifs is 1. The highest BCUT2D eigenvalue weighted by Gasteiger charge is 2.24. The van der Waals surface area contributed by atoms with Gasteiger partial charge in [0.25, 0.3) is 5.91 Å². The number of ether oxygens (including phenoxy) is 2. The minimum Gasteiger partial charge on any atom is -0.424 e. The summed E-state index contributed by atoms with van der Waals surface area (Å²) in [6.45, 7) is 2.34. The number of benzene rings is 2. The van der Waals surface area contributed by atoms with Gasteiger partial charge in [0.1, 0.15) is 5.75 Å². The molecule has 166 valence electrons. The highest BCUT2D eigenvalue weighted by Crippen LogP contribution is 2.24. The largest absolute Gasteiger partial charge is 0.424 e. The number of amides is 1. The third kappa shape index (κ3) is 4.99. The van der Waals surface area contributed by atoms with Gasteiger partial charge in [-0.15, -0.1) is 0 Å². The average Bonchev–Trinajstić information content (AvgIpc) is 3.10. The van der Waals surface area contributed by atoms with Crippen LogP contribution in [0, 0.1) is 5.92 Å². The van der Waals surface area contributed by atoms with Crippen LogP contribution >= 0.6 is 0 Å². The Morgan fingerprint density at radius 2 is 1.94 bits per heavy atom. The molecule has 1 atom stereocenters. The van der Waals surface area contributed by atoms with E-state index in [0.29, 0.717) is 37.6 Å². The first-order valence-corrected chi connectivity index (χ1v) is 11.0. The minimum atomic E-state index is -0.0351. The Morgan fingerprint density at radius 1 is 1.06 bits per heavy atom. The molecule has 1 aliphatic rings. The van der Waals surface area contributed by atoms with Gasteiger partial charge in [0.15, 0.2) is 0 Å². The van der Waals surface area contributed by atoms with Gasteiger partial charge in [-0.1, -0.05) is 24.3 Å². The van der Waals surface area contributed by atoms with Gasteiger partial charge in [0, 0.05) is 54.7 Å². The summed E-state index contributed by atoms with van der Waals surface area (Å²) in [5.41, 5.74) is 1.82. The van der Waals surface area contributed by atoms with E-state index in [1.165, 1.54) is 10.9 Å². The monoisotopic (exact) mass is 440 g/mol. The smallest absolute Gasteiger partial charge is 0.321 e. The Balaban J connectivity index is 1.32. The van der Waals surface area contributed by atoms with Crippen LogP contribution in [0.5, 0.6) is 11.8 Å². The number of hydrogen-bond acceptors (Lipinski definition) is 6. The summed E-state index contributed by atoms with van der Waals surface area (Å²) in [5, 5.41) is 2.32. The normalized spacial score (nSPS) is 16.4. The van der Waals surface area contributed by atoms with Crippen LogP contribution in [0.3, 0.4) is 0 Å². The predicted octanol–water partition coefficient (Wildman–Crippen LogP) is 4.15. The van der Waals surface area contributed by atoms with Crippen LogP contribution in [0.25, 0.3) is 10.8 Å². The third-order valence-corrected chi connectivity index (χ3v) is 5.74. The first-order valence-electron chi connectivity index (χ1n) is 11.0. The molecule has 0 radical (unpaired) electrons. The van der Waals surface area contributed by atoms with Crippen LogP contribution in [0.15, 0.2) is 79.4 Å². The van der Waals surface area contributed by atoms with Crippen LogP contribution < -0.4 is 4.74 Å². The van der Waals surface area contributed by atoms with Crippen LogP contribution in [0.1, 0.15) is 15.9 Å². The van der Waals surface area contributed by atoms with Crippen LogP contribution in [0.2, 0.25) is 0 Å². The van der Waals surface area contributed by atoms with Gasteiger partial charge in [-0.2, -0.15) is 0 Å². The summed E-state index contributed by atoms with van der Waals surface area (Å²) < 4.78 is 11.6. The molecule has 0 spiro atoms. The van der Waals surface area contributed by atoms with Crippen molar-refractivity contribution >= 4 is 16.7 Å². The SMILES string of the molecule is O=C(c1cccc(Oc2ncccn2)c1)N1CCOC[C@H](Cc2cccc3cnccc23)C1. The molecule has 1 fully saturated rings. The van der Waals surface area contributed by atoms with Gasteiger partial charge in [0.2, 0.25) is 0 Å². The van der Waals surface area contributed by atoms with E-state index in [-0.39, 0.29) is 17.8 Å². The molecule has 4 aromatic rings. The first-order chi connectivity index (χ1) is 16.3. The fourth-order valence-corrected chi connectivity index (χ4v) is 4.19. The fraction of sp³-hybridized carbons (Fsp3) is 0.231. The van der Waals surface area contributed by atoms with E-state index in [2.05, 4.69) is 33.2 Å². The highest BCUT2D eigenvalue weighted by molar-refractivity contribution is 5.94. The van der Waals surface area contributed by atoms with Crippen molar-refractivity contribution in [2.24, 2.45) is 5.92 Å². The van der Waals surface area contributed by atoms with Gasteiger partial charge in [-0.25, -0.2) is 9.97 Å². The maximum absolute atomic E-state index is 13.3. The van der Waals surface area contributed by atoms with Gasteiger partial charge in [-0.05, 0) is 47.7 Å². The quantitative estimate of drug-likeness (QED) is 0.464. The van der Waals surface area contributed by atoms with E-state index in [1.54, 1.807) is 42.7 Å². The van der Waals surface area contributed by atoms with E-state index >= 15 is 0 Å².